The second kappa shape index (κ2) is 2.66. The summed E-state index contributed by atoms with van der Waals surface area (Å²) in [5, 5.41) is 2.85. The van der Waals surface area contributed by atoms with Gasteiger partial charge in [-0.2, -0.15) is 4.91 Å². The predicted molar refractivity (Wildman–Crippen MR) is 38.8 cm³/mol. The average molecular weight is 143 g/mol. The molecule has 1 saturated heterocycles. The molecule has 0 N–H and O–H groups in total. The summed E-state index contributed by atoms with van der Waals surface area (Å²) in [6.45, 7) is 5.18. The van der Waals surface area contributed by atoms with Gasteiger partial charge in [0.1, 0.15) is 0 Å². The molecule has 58 valence electrons. The lowest BCUT2D eigenvalue weighted by atomic mass is 9.98. The van der Waals surface area contributed by atoms with Crippen LogP contribution in [0, 0.1) is 10.8 Å². The Bertz CT molecular complexity index is 134. The molecule has 0 radical (unpaired) electrons. The summed E-state index contributed by atoms with van der Waals surface area (Å²) in [6, 6.07) is 0. The Labute approximate surface area is 60.7 Å². The van der Waals surface area contributed by atoms with E-state index in [1.54, 1.807) is 0 Å². The maximum atomic E-state index is 9.87. The summed E-state index contributed by atoms with van der Waals surface area (Å²) in [5.74, 6) is 0.354. The number of hydrogen-bond donors (Lipinski definition) is 0. The van der Waals surface area contributed by atoms with Crippen LogP contribution in [-0.2, 0) is 4.74 Å². The molecule has 0 bridgehead atoms. The molecule has 1 heterocycles. The maximum absolute atomic E-state index is 9.87. The lowest BCUT2D eigenvalue weighted by molar-refractivity contribution is 0.0351. The third kappa shape index (κ3) is 1.77. The van der Waals surface area contributed by atoms with Crippen molar-refractivity contribution >= 4 is 0 Å². The Kier molecular flexibility index (Phi) is 2.04. The lowest BCUT2D eigenvalue weighted by Gasteiger charge is -2.14. The van der Waals surface area contributed by atoms with Crippen LogP contribution in [0.5, 0.6) is 0 Å². The van der Waals surface area contributed by atoms with Gasteiger partial charge in [-0.3, -0.25) is 0 Å². The monoisotopic (exact) mass is 143 g/mol. The van der Waals surface area contributed by atoms with Gasteiger partial charge in [0.2, 0.25) is 0 Å². The van der Waals surface area contributed by atoms with E-state index in [9.17, 15) is 4.91 Å². The van der Waals surface area contributed by atoms with Crippen molar-refractivity contribution in [3.05, 3.63) is 4.91 Å². The van der Waals surface area contributed by atoms with Crippen LogP contribution in [0.3, 0.4) is 0 Å². The minimum Gasteiger partial charge on any atom is -0.375 e. The highest BCUT2D eigenvalue weighted by molar-refractivity contribution is 4.81. The van der Waals surface area contributed by atoms with Crippen molar-refractivity contribution in [1.82, 2.24) is 0 Å². The molecule has 3 nitrogen and oxygen atoms in total. The highest BCUT2D eigenvalue weighted by atomic mass is 16.5. The van der Waals surface area contributed by atoms with Crippen LogP contribution >= 0.6 is 0 Å². The number of rotatable bonds is 2. The molecule has 0 aromatic rings. The third-order valence-corrected chi connectivity index (χ3v) is 1.82. The zero-order valence-electron chi connectivity index (χ0n) is 6.46. The lowest BCUT2D eigenvalue weighted by Crippen LogP contribution is -2.16. The molecule has 10 heavy (non-hydrogen) atoms. The first-order chi connectivity index (χ1) is 4.64. The highest BCUT2D eigenvalue weighted by Gasteiger charge is 2.31. The van der Waals surface area contributed by atoms with E-state index in [1.165, 1.54) is 0 Å². The van der Waals surface area contributed by atoms with Crippen molar-refractivity contribution < 1.29 is 4.74 Å². The Hall–Kier alpha value is -0.440. The van der Waals surface area contributed by atoms with Gasteiger partial charge in [-0.15, -0.1) is 0 Å². The van der Waals surface area contributed by atoms with Crippen molar-refractivity contribution in [1.29, 1.82) is 0 Å². The molecule has 1 atom stereocenters. The zero-order chi connectivity index (χ0) is 7.61. The summed E-state index contributed by atoms with van der Waals surface area (Å²) in [7, 11) is 0. The fourth-order valence-electron chi connectivity index (χ4n) is 1.38. The molecule has 1 rings (SSSR count). The van der Waals surface area contributed by atoms with Crippen LogP contribution in [0.1, 0.15) is 20.3 Å². The van der Waals surface area contributed by atoms with Gasteiger partial charge in [0, 0.05) is 5.92 Å². The van der Waals surface area contributed by atoms with E-state index in [1.807, 2.05) is 13.8 Å². The zero-order valence-corrected chi connectivity index (χ0v) is 6.46. The Morgan fingerprint density at radius 3 is 2.80 bits per heavy atom. The number of ether oxygens (including phenoxy) is 1. The van der Waals surface area contributed by atoms with Crippen LogP contribution in [0.15, 0.2) is 5.18 Å². The largest absolute Gasteiger partial charge is 0.375 e. The SMILES string of the molecule is CC1(C)CC(CN=O)CO1. The van der Waals surface area contributed by atoms with E-state index in [2.05, 4.69) is 5.18 Å². The molecule has 1 unspecified atom stereocenters. The maximum Gasteiger partial charge on any atom is 0.0862 e. The molecular formula is C7H13NO2. The molecule has 0 aromatic carbocycles. The first-order valence-corrected chi connectivity index (χ1v) is 3.57. The normalized spacial score (nSPS) is 30.4. The first-order valence-electron chi connectivity index (χ1n) is 3.57. The van der Waals surface area contributed by atoms with Gasteiger partial charge in [0.25, 0.3) is 0 Å². The van der Waals surface area contributed by atoms with Gasteiger partial charge in [-0.25, -0.2) is 0 Å². The summed E-state index contributed by atoms with van der Waals surface area (Å²) in [4.78, 5) is 9.87. The molecule has 0 aromatic heterocycles. The molecule has 1 aliphatic rings. The standard InChI is InChI=1S/C7H13NO2/c1-7(2)3-6(4-8-9)5-10-7/h6H,3-5H2,1-2H3. The van der Waals surface area contributed by atoms with Gasteiger partial charge in [0.15, 0.2) is 0 Å². The van der Waals surface area contributed by atoms with Gasteiger partial charge < -0.3 is 4.74 Å². The number of nitroso groups, excluding NO2 is 1. The molecule has 3 heteroatoms. The third-order valence-electron chi connectivity index (χ3n) is 1.82. The summed E-state index contributed by atoms with van der Waals surface area (Å²) in [6.07, 6.45) is 0.957. The Balaban J connectivity index is 2.35. The number of hydrogen-bond acceptors (Lipinski definition) is 3. The van der Waals surface area contributed by atoms with E-state index in [4.69, 9.17) is 4.74 Å². The topological polar surface area (TPSA) is 38.7 Å². The fraction of sp³-hybridized carbons (Fsp3) is 1.00. The van der Waals surface area contributed by atoms with E-state index >= 15 is 0 Å². The van der Waals surface area contributed by atoms with Gasteiger partial charge >= 0.3 is 0 Å². The molecule has 1 aliphatic heterocycles. The van der Waals surface area contributed by atoms with Crippen molar-refractivity contribution in [2.75, 3.05) is 13.2 Å². The smallest absolute Gasteiger partial charge is 0.0862 e. The van der Waals surface area contributed by atoms with Gasteiger partial charge in [0.05, 0.1) is 18.8 Å². The first kappa shape index (κ1) is 7.66. The van der Waals surface area contributed by atoms with Gasteiger partial charge in [-0.1, -0.05) is 5.18 Å². The van der Waals surface area contributed by atoms with Crippen molar-refractivity contribution in [3.8, 4) is 0 Å². The minimum atomic E-state index is -0.0324. The van der Waals surface area contributed by atoms with Crippen LogP contribution in [0.2, 0.25) is 0 Å². The molecule has 0 amide bonds. The van der Waals surface area contributed by atoms with E-state index in [0.29, 0.717) is 19.1 Å². The molecule has 1 fully saturated rings. The highest BCUT2D eigenvalue weighted by Crippen LogP contribution is 2.28. The van der Waals surface area contributed by atoms with E-state index in [0.717, 1.165) is 6.42 Å². The van der Waals surface area contributed by atoms with Crippen LogP contribution in [0.25, 0.3) is 0 Å². The molecule has 0 spiro atoms. The summed E-state index contributed by atoms with van der Waals surface area (Å²) >= 11 is 0. The van der Waals surface area contributed by atoms with Gasteiger partial charge in [-0.05, 0) is 20.3 Å². The Morgan fingerprint density at radius 1 is 1.70 bits per heavy atom. The quantitative estimate of drug-likeness (QED) is 0.550. The second-order valence-electron chi connectivity index (χ2n) is 3.45. The minimum absolute atomic E-state index is 0.0324. The Morgan fingerprint density at radius 2 is 2.40 bits per heavy atom. The van der Waals surface area contributed by atoms with Crippen LogP contribution < -0.4 is 0 Å². The average Bonchev–Trinajstić information content (AvgIpc) is 2.12. The molecular weight excluding hydrogens is 130 g/mol. The molecule has 0 aliphatic carbocycles. The van der Waals surface area contributed by atoms with E-state index < -0.39 is 0 Å². The van der Waals surface area contributed by atoms with E-state index in [-0.39, 0.29) is 5.60 Å². The van der Waals surface area contributed by atoms with Crippen molar-refractivity contribution in [2.24, 2.45) is 11.1 Å². The van der Waals surface area contributed by atoms with Crippen LogP contribution in [0.4, 0.5) is 0 Å². The van der Waals surface area contributed by atoms with Crippen LogP contribution in [-0.4, -0.2) is 18.8 Å². The predicted octanol–water partition coefficient (Wildman–Crippen LogP) is 1.57. The number of nitrogens with zero attached hydrogens (tertiary/aromatic N) is 1. The van der Waals surface area contributed by atoms with Crippen molar-refractivity contribution in [3.63, 3.8) is 0 Å². The summed E-state index contributed by atoms with van der Waals surface area (Å²) in [5.41, 5.74) is -0.0324. The molecule has 0 saturated carbocycles. The fourth-order valence-corrected chi connectivity index (χ4v) is 1.38. The second-order valence-corrected chi connectivity index (χ2v) is 3.45. The van der Waals surface area contributed by atoms with Crippen molar-refractivity contribution in [2.45, 2.75) is 25.9 Å². The summed E-state index contributed by atoms with van der Waals surface area (Å²) < 4.78 is 5.41.